The molecule has 0 fully saturated rings. The van der Waals surface area contributed by atoms with Crippen molar-refractivity contribution in [3.63, 3.8) is 0 Å². The third kappa shape index (κ3) is 2.81. The van der Waals surface area contributed by atoms with E-state index in [1.54, 1.807) is 0 Å². The van der Waals surface area contributed by atoms with E-state index in [0.29, 0.717) is 6.04 Å². The molecule has 4 heteroatoms. The third-order valence-corrected chi connectivity index (χ3v) is 4.08. The molecule has 0 aliphatic carbocycles. The first-order valence-electron chi connectivity index (χ1n) is 7.66. The Morgan fingerprint density at radius 1 is 1.43 bits per heavy atom. The van der Waals surface area contributed by atoms with Crippen LogP contribution in [-0.2, 0) is 7.05 Å². The second kappa shape index (κ2) is 5.90. The fourth-order valence-electron chi connectivity index (χ4n) is 2.96. The molecule has 112 valence electrons. The number of nitrogens with one attached hydrogen (secondary N) is 1. The van der Waals surface area contributed by atoms with Crippen molar-refractivity contribution in [1.29, 1.82) is 0 Å². The van der Waals surface area contributed by atoms with Crippen molar-refractivity contribution in [2.75, 3.05) is 6.54 Å². The van der Waals surface area contributed by atoms with Gasteiger partial charge in [-0.2, -0.15) is 0 Å². The molecule has 2 aromatic rings. The van der Waals surface area contributed by atoms with Crippen LogP contribution in [0.1, 0.15) is 48.7 Å². The maximum Gasteiger partial charge on any atom is 0.142 e. The lowest BCUT2D eigenvalue weighted by Crippen LogP contribution is -2.30. The van der Waals surface area contributed by atoms with Gasteiger partial charge in [-0.1, -0.05) is 24.6 Å². The van der Waals surface area contributed by atoms with E-state index in [2.05, 4.69) is 42.3 Å². The Morgan fingerprint density at radius 2 is 2.29 bits per heavy atom. The van der Waals surface area contributed by atoms with Gasteiger partial charge in [0.15, 0.2) is 0 Å². The van der Waals surface area contributed by atoms with Crippen LogP contribution in [0.5, 0.6) is 5.75 Å². The van der Waals surface area contributed by atoms with Gasteiger partial charge < -0.3 is 14.6 Å². The highest BCUT2D eigenvalue weighted by Crippen LogP contribution is 2.40. The number of aryl methyl sites for hydroxylation is 2. The number of rotatable bonds is 4. The molecule has 0 amide bonds. The first kappa shape index (κ1) is 14.1. The molecule has 21 heavy (non-hydrogen) atoms. The number of aromatic nitrogens is 2. The van der Waals surface area contributed by atoms with E-state index >= 15 is 0 Å². The van der Waals surface area contributed by atoms with Crippen LogP contribution >= 0.6 is 0 Å². The minimum atomic E-state index is 0.0575. The molecule has 0 saturated carbocycles. The van der Waals surface area contributed by atoms with Crippen molar-refractivity contribution in [1.82, 2.24) is 14.9 Å². The first-order chi connectivity index (χ1) is 10.2. The van der Waals surface area contributed by atoms with Crippen molar-refractivity contribution in [2.24, 2.45) is 7.05 Å². The van der Waals surface area contributed by atoms with Gasteiger partial charge in [0.2, 0.25) is 0 Å². The summed E-state index contributed by atoms with van der Waals surface area (Å²) in [5, 5.41) is 3.66. The second-order valence-corrected chi connectivity index (χ2v) is 5.82. The van der Waals surface area contributed by atoms with Gasteiger partial charge in [0, 0.05) is 25.1 Å². The molecule has 1 aliphatic rings. The monoisotopic (exact) mass is 285 g/mol. The molecule has 2 atom stereocenters. The zero-order valence-electron chi connectivity index (χ0n) is 13.0. The van der Waals surface area contributed by atoms with Gasteiger partial charge in [0.05, 0.1) is 18.2 Å². The molecule has 1 aromatic heterocycles. The van der Waals surface area contributed by atoms with E-state index in [1.807, 2.05) is 24.1 Å². The van der Waals surface area contributed by atoms with E-state index in [9.17, 15) is 0 Å². The zero-order valence-corrected chi connectivity index (χ0v) is 13.0. The van der Waals surface area contributed by atoms with Gasteiger partial charge in [-0.15, -0.1) is 0 Å². The fraction of sp³-hybridized carbons (Fsp3) is 0.471. The zero-order chi connectivity index (χ0) is 14.8. The SMILES string of the molecule is CCCNC1CC(c2cncn2C)Oc2ccc(C)cc21. The number of benzene rings is 1. The highest BCUT2D eigenvalue weighted by atomic mass is 16.5. The highest BCUT2D eigenvalue weighted by Gasteiger charge is 2.30. The molecule has 1 aromatic carbocycles. The smallest absolute Gasteiger partial charge is 0.142 e. The van der Waals surface area contributed by atoms with Gasteiger partial charge >= 0.3 is 0 Å². The number of imidazole rings is 1. The number of hydrogen-bond acceptors (Lipinski definition) is 3. The quantitative estimate of drug-likeness (QED) is 0.937. The Balaban J connectivity index is 1.92. The van der Waals surface area contributed by atoms with Gasteiger partial charge in [-0.3, -0.25) is 0 Å². The molecule has 1 N–H and O–H groups in total. The van der Waals surface area contributed by atoms with Crippen LogP contribution in [0.3, 0.4) is 0 Å². The maximum atomic E-state index is 6.22. The van der Waals surface area contributed by atoms with Crippen LogP contribution in [0.25, 0.3) is 0 Å². The van der Waals surface area contributed by atoms with Crippen molar-refractivity contribution in [3.8, 4) is 5.75 Å². The van der Waals surface area contributed by atoms with Crippen LogP contribution in [0.2, 0.25) is 0 Å². The average Bonchev–Trinajstić information content (AvgIpc) is 2.91. The Kier molecular flexibility index (Phi) is 3.97. The van der Waals surface area contributed by atoms with Gasteiger partial charge in [0.1, 0.15) is 11.9 Å². The lowest BCUT2D eigenvalue weighted by Gasteiger charge is -2.33. The third-order valence-electron chi connectivity index (χ3n) is 4.08. The summed E-state index contributed by atoms with van der Waals surface area (Å²) in [4.78, 5) is 4.22. The van der Waals surface area contributed by atoms with Crippen LogP contribution in [0.4, 0.5) is 0 Å². The molecule has 2 unspecified atom stereocenters. The highest BCUT2D eigenvalue weighted by molar-refractivity contribution is 5.41. The number of hydrogen-bond donors (Lipinski definition) is 1. The Bertz CT molecular complexity index is 620. The lowest BCUT2D eigenvalue weighted by atomic mass is 9.93. The Hall–Kier alpha value is -1.81. The van der Waals surface area contributed by atoms with Crippen molar-refractivity contribution in [2.45, 2.75) is 38.8 Å². The number of ether oxygens (including phenoxy) is 1. The van der Waals surface area contributed by atoms with E-state index in [1.165, 1.54) is 11.1 Å². The summed E-state index contributed by atoms with van der Waals surface area (Å²) in [7, 11) is 2.02. The van der Waals surface area contributed by atoms with E-state index in [0.717, 1.165) is 30.8 Å². The summed E-state index contributed by atoms with van der Waals surface area (Å²) in [6.45, 7) is 5.35. The molecular formula is C17H23N3O. The van der Waals surface area contributed by atoms with Crippen LogP contribution < -0.4 is 10.1 Å². The maximum absolute atomic E-state index is 6.22. The lowest BCUT2D eigenvalue weighted by molar-refractivity contribution is 0.144. The summed E-state index contributed by atoms with van der Waals surface area (Å²) in [6, 6.07) is 6.78. The number of fused-ring (bicyclic) bond motifs is 1. The Morgan fingerprint density at radius 3 is 3.00 bits per heavy atom. The Labute approximate surface area is 126 Å². The summed E-state index contributed by atoms with van der Waals surface area (Å²) < 4.78 is 8.26. The summed E-state index contributed by atoms with van der Waals surface area (Å²) in [5.74, 6) is 0.992. The molecule has 2 heterocycles. The number of nitrogens with zero attached hydrogens (tertiary/aromatic N) is 2. The van der Waals surface area contributed by atoms with Crippen molar-refractivity contribution >= 4 is 0 Å². The van der Waals surface area contributed by atoms with Crippen LogP contribution in [-0.4, -0.2) is 16.1 Å². The minimum absolute atomic E-state index is 0.0575. The van der Waals surface area contributed by atoms with E-state index in [-0.39, 0.29) is 6.10 Å². The van der Waals surface area contributed by atoms with Gasteiger partial charge in [-0.25, -0.2) is 4.98 Å². The molecule has 0 spiro atoms. The summed E-state index contributed by atoms with van der Waals surface area (Å²) >= 11 is 0. The van der Waals surface area contributed by atoms with Crippen LogP contribution in [0, 0.1) is 6.92 Å². The van der Waals surface area contributed by atoms with Gasteiger partial charge in [-0.05, 0) is 26.0 Å². The molecular weight excluding hydrogens is 262 g/mol. The second-order valence-electron chi connectivity index (χ2n) is 5.82. The molecule has 0 saturated heterocycles. The molecule has 1 aliphatic heterocycles. The molecule has 0 bridgehead atoms. The largest absolute Gasteiger partial charge is 0.484 e. The molecule has 3 rings (SSSR count). The van der Waals surface area contributed by atoms with Crippen molar-refractivity contribution in [3.05, 3.63) is 47.5 Å². The molecule has 4 nitrogen and oxygen atoms in total. The fourth-order valence-corrected chi connectivity index (χ4v) is 2.96. The summed E-state index contributed by atoms with van der Waals surface area (Å²) in [6.07, 6.45) is 5.87. The normalized spacial score (nSPS) is 20.9. The standard InChI is InChI=1S/C17H23N3O/c1-4-7-19-14-9-17(15-10-18-11-20(15)3)21-16-6-5-12(2)8-13(14)16/h5-6,8,10-11,14,17,19H,4,7,9H2,1-3H3. The topological polar surface area (TPSA) is 39.1 Å². The van der Waals surface area contributed by atoms with E-state index in [4.69, 9.17) is 4.74 Å². The van der Waals surface area contributed by atoms with Crippen molar-refractivity contribution < 1.29 is 4.74 Å². The predicted molar refractivity (Wildman–Crippen MR) is 83.4 cm³/mol. The minimum Gasteiger partial charge on any atom is -0.484 e. The first-order valence-corrected chi connectivity index (χ1v) is 7.66. The van der Waals surface area contributed by atoms with Gasteiger partial charge in [0.25, 0.3) is 0 Å². The molecule has 0 radical (unpaired) electrons. The average molecular weight is 285 g/mol. The summed E-state index contributed by atoms with van der Waals surface area (Å²) in [5.41, 5.74) is 3.69. The van der Waals surface area contributed by atoms with E-state index < -0.39 is 0 Å². The van der Waals surface area contributed by atoms with Crippen LogP contribution in [0.15, 0.2) is 30.7 Å². The predicted octanol–water partition coefficient (Wildman–Crippen LogP) is 3.29.